The highest BCUT2D eigenvalue weighted by atomic mass is 19.4. The van der Waals surface area contributed by atoms with E-state index in [0.29, 0.717) is 16.5 Å². The predicted molar refractivity (Wildman–Crippen MR) is 74.8 cm³/mol. The van der Waals surface area contributed by atoms with Gasteiger partial charge < -0.3 is 9.51 Å². The third kappa shape index (κ3) is 2.39. The summed E-state index contributed by atoms with van der Waals surface area (Å²) in [6, 6.07) is 8.33. The van der Waals surface area contributed by atoms with E-state index >= 15 is 0 Å². The quantitative estimate of drug-likeness (QED) is 0.786. The van der Waals surface area contributed by atoms with Crippen LogP contribution in [0, 0.1) is 5.92 Å². The summed E-state index contributed by atoms with van der Waals surface area (Å²) >= 11 is 0. The number of aromatic amines is 1. The molecular formula is C15H10F3N3O2. The fourth-order valence-corrected chi connectivity index (χ4v) is 2.72. The fraction of sp³-hybridized carbons (Fsp3) is 0.267. The summed E-state index contributed by atoms with van der Waals surface area (Å²) in [6.45, 7) is 0. The van der Waals surface area contributed by atoms with Crippen molar-refractivity contribution in [1.29, 1.82) is 0 Å². The Morgan fingerprint density at radius 3 is 2.78 bits per heavy atom. The van der Waals surface area contributed by atoms with Crippen molar-refractivity contribution in [2.24, 2.45) is 5.92 Å². The van der Waals surface area contributed by atoms with Crippen molar-refractivity contribution < 1.29 is 17.7 Å². The molecule has 1 fully saturated rings. The van der Waals surface area contributed by atoms with Gasteiger partial charge in [-0.05, 0) is 12.5 Å². The molecule has 0 unspecified atom stereocenters. The number of para-hydroxylation sites is 1. The molecule has 0 amide bonds. The highest BCUT2D eigenvalue weighted by Crippen LogP contribution is 2.55. The minimum Gasteiger partial charge on any atom is -0.334 e. The van der Waals surface area contributed by atoms with Gasteiger partial charge in [0.15, 0.2) is 5.82 Å². The first kappa shape index (κ1) is 14.0. The molecule has 1 aliphatic carbocycles. The van der Waals surface area contributed by atoms with Gasteiger partial charge in [-0.25, -0.2) is 0 Å². The number of H-pyrrole nitrogens is 1. The van der Waals surface area contributed by atoms with Gasteiger partial charge in [0.05, 0.1) is 11.5 Å². The number of nitrogens with zero attached hydrogens (tertiary/aromatic N) is 2. The number of alkyl halides is 3. The number of hydrogen-bond acceptors (Lipinski definition) is 4. The van der Waals surface area contributed by atoms with Gasteiger partial charge in [-0.2, -0.15) is 18.2 Å². The number of aromatic nitrogens is 3. The molecule has 3 aromatic rings. The summed E-state index contributed by atoms with van der Waals surface area (Å²) in [6.07, 6.45) is -4.28. The van der Waals surface area contributed by atoms with Crippen molar-refractivity contribution in [3.63, 3.8) is 0 Å². The Bertz CT molecular complexity index is 945. The van der Waals surface area contributed by atoms with Gasteiger partial charge in [0, 0.05) is 22.9 Å². The molecular weight excluding hydrogens is 311 g/mol. The van der Waals surface area contributed by atoms with E-state index in [4.69, 9.17) is 4.52 Å². The first-order chi connectivity index (χ1) is 10.9. The Hall–Kier alpha value is -2.64. The summed E-state index contributed by atoms with van der Waals surface area (Å²) in [7, 11) is 0. The van der Waals surface area contributed by atoms with Crippen LogP contribution < -0.4 is 5.56 Å². The van der Waals surface area contributed by atoms with E-state index < -0.39 is 18.0 Å². The molecule has 2 atom stereocenters. The van der Waals surface area contributed by atoms with Crippen molar-refractivity contribution in [2.45, 2.75) is 18.5 Å². The predicted octanol–water partition coefficient (Wildman–Crippen LogP) is 3.24. The highest BCUT2D eigenvalue weighted by molar-refractivity contribution is 5.91. The molecule has 2 heterocycles. The first-order valence-corrected chi connectivity index (χ1v) is 6.96. The topological polar surface area (TPSA) is 71.8 Å². The van der Waals surface area contributed by atoms with E-state index in [-0.39, 0.29) is 23.7 Å². The smallest absolute Gasteiger partial charge is 0.334 e. The standard InChI is InChI=1S/C15H10F3N3O2/c16-15(17,18)10-5-9(10)13-20-14(23-21-13)8-6-12(22)19-11-4-2-1-3-7(8)11/h1-4,6,9-10H,5H2,(H,19,22)/t9-,10-/m1/s1. The Morgan fingerprint density at radius 1 is 1.26 bits per heavy atom. The monoisotopic (exact) mass is 321 g/mol. The Labute approximate surface area is 127 Å². The zero-order valence-electron chi connectivity index (χ0n) is 11.6. The second kappa shape index (κ2) is 4.68. The molecule has 8 heteroatoms. The number of nitrogens with one attached hydrogen (secondary N) is 1. The molecule has 1 aliphatic rings. The maximum Gasteiger partial charge on any atom is 0.392 e. The number of hydrogen-bond donors (Lipinski definition) is 1. The SMILES string of the molecule is O=c1cc(-c2nc([C@@H]3C[C@H]3C(F)(F)F)no2)c2ccccc2[nH]1. The molecule has 5 nitrogen and oxygen atoms in total. The molecule has 23 heavy (non-hydrogen) atoms. The van der Waals surface area contributed by atoms with Crippen molar-refractivity contribution in [1.82, 2.24) is 15.1 Å². The lowest BCUT2D eigenvalue weighted by Crippen LogP contribution is -2.11. The van der Waals surface area contributed by atoms with Crippen LogP contribution in [0.25, 0.3) is 22.4 Å². The molecule has 1 saturated carbocycles. The summed E-state index contributed by atoms with van der Waals surface area (Å²) < 4.78 is 43.0. The Kier molecular flexibility index (Phi) is 2.84. The van der Waals surface area contributed by atoms with Gasteiger partial charge in [-0.3, -0.25) is 4.79 Å². The van der Waals surface area contributed by atoms with Crippen LogP contribution in [0.2, 0.25) is 0 Å². The summed E-state index contributed by atoms with van der Waals surface area (Å²) in [5.74, 6) is -2.09. The van der Waals surface area contributed by atoms with E-state index in [2.05, 4.69) is 15.1 Å². The zero-order chi connectivity index (χ0) is 16.2. The molecule has 118 valence electrons. The van der Waals surface area contributed by atoms with E-state index in [0.717, 1.165) is 0 Å². The number of fused-ring (bicyclic) bond motifs is 1. The van der Waals surface area contributed by atoms with E-state index in [1.807, 2.05) is 0 Å². The van der Waals surface area contributed by atoms with Crippen LogP contribution in [0.4, 0.5) is 13.2 Å². The van der Waals surface area contributed by atoms with Crippen molar-refractivity contribution in [2.75, 3.05) is 0 Å². The molecule has 2 aromatic heterocycles. The third-order valence-corrected chi connectivity index (χ3v) is 3.97. The Balaban J connectivity index is 1.75. The van der Waals surface area contributed by atoms with Gasteiger partial charge in [0.25, 0.3) is 5.89 Å². The van der Waals surface area contributed by atoms with Crippen LogP contribution in [0.3, 0.4) is 0 Å². The number of rotatable bonds is 2. The average molecular weight is 321 g/mol. The molecule has 1 N–H and O–H groups in total. The Morgan fingerprint density at radius 2 is 2.04 bits per heavy atom. The van der Waals surface area contributed by atoms with Crippen LogP contribution >= 0.6 is 0 Å². The summed E-state index contributed by atoms with van der Waals surface area (Å²) in [5.41, 5.74) is 0.652. The summed E-state index contributed by atoms with van der Waals surface area (Å²) in [5, 5.41) is 4.34. The maximum atomic E-state index is 12.6. The van der Waals surface area contributed by atoms with Crippen LogP contribution in [0.1, 0.15) is 18.2 Å². The molecule has 0 spiro atoms. The summed E-state index contributed by atoms with van der Waals surface area (Å²) in [4.78, 5) is 18.5. The normalized spacial score (nSPS) is 20.8. The second-order valence-electron chi connectivity index (χ2n) is 5.54. The average Bonchev–Trinajstić information content (AvgIpc) is 3.17. The minimum absolute atomic E-state index is 0.0292. The zero-order valence-corrected chi connectivity index (χ0v) is 11.6. The van der Waals surface area contributed by atoms with E-state index in [9.17, 15) is 18.0 Å². The number of halogens is 3. The van der Waals surface area contributed by atoms with Gasteiger partial charge >= 0.3 is 6.18 Å². The number of pyridine rings is 1. The lowest BCUT2D eigenvalue weighted by atomic mass is 10.1. The lowest BCUT2D eigenvalue weighted by molar-refractivity contribution is -0.148. The maximum absolute atomic E-state index is 12.6. The van der Waals surface area contributed by atoms with E-state index in [1.165, 1.54) is 6.07 Å². The molecule has 0 saturated heterocycles. The van der Waals surface area contributed by atoms with Crippen molar-refractivity contribution in [3.8, 4) is 11.5 Å². The van der Waals surface area contributed by atoms with Crippen LogP contribution in [-0.4, -0.2) is 21.3 Å². The number of benzene rings is 1. The van der Waals surface area contributed by atoms with Crippen molar-refractivity contribution in [3.05, 3.63) is 46.5 Å². The minimum atomic E-state index is -4.25. The second-order valence-corrected chi connectivity index (χ2v) is 5.54. The van der Waals surface area contributed by atoms with Gasteiger partial charge in [0.1, 0.15) is 0 Å². The van der Waals surface area contributed by atoms with Gasteiger partial charge in [-0.15, -0.1) is 0 Å². The third-order valence-electron chi connectivity index (χ3n) is 3.97. The van der Waals surface area contributed by atoms with Crippen LogP contribution in [-0.2, 0) is 0 Å². The van der Waals surface area contributed by atoms with Crippen molar-refractivity contribution >= 4 is 10.9 Å². The lowest BCUT2D eigenvalue weighted by Gasteiger charge is -2.02. The fourth-order valence-electron chi connectivity index (χ4n) is 2.72. The molecule has 0 aliphatic heterocycles. The largest absolute Gasteiger partial charge is 0.392 e. The van der Waals surface area contributed by atoms with Crippen LogP contribution in [0.15, 0.2) is 39.6 Å². The highest BCUT2D eigenvalue weighted by Gasteiger charge is 2.58. The van der Waals surface area contributed by atoms with Gasteiger partial charge in [-0.1, -0.05) is 23.4 Å². The molecule has 4 rings (SSSR count). The van der Waals surface area contributed by atoms with E-state index in [1.54, 1.807) is 24.3 Å². The van der Waals surface area contributed by atoms with Crippen LogP contribution in [0.5, 0.6) is 0 Å². The van der Waals surface area contributed by atoms with Gasteiger partial charge in [0.2, 0.25) is 5.56 Å². The molecule has 0 bridgehead atoms. The molecule has 0 radical (unpaired) electrons. The molecule has 1 aromatic carbocycles. The first-order valence-electron chi connectivity index (χ1n) is 6.96.